The van der Waals surface area contributed by atoms with Gasteiger partial charge in [-0.25, -0.2) is 0 Å². The van der Waals surface area contributed by atoms with E-state index in [9.17, 15) is 9.59 Å². The molecule has 2 aromatic carbocycles. The second kappa shape index (κ2) is 9.73. The zero-order valence-electron chi connectivity index (χ0n) is 18.3. The number of nitrogens with one attached hydrogen (secondary N) is 1. The average molecular weight is 435 g/mol. The minimum absolute atomic E-state index is 0.0474. The number of rotatable bonds is 5. The van der Waals surface area contributed by atoms with Crippen LogP contribution in [0.25, 0.3) is 6.08 Å². The van der Waals surface area contributed by atoms with Gasteiger partial charge in [-0.15, -0.1) is 0 Å². The molecule has 2 aliphatic rings. The molecule has 1 fully saturated rings. The number of hydrogen-bond donors (Lipinski definition) is 1. The van der Waals surface area contributed by atoms with Gasteiger partial charge in [0.05, 0.1) is 10.6 Å². The summed E-state index contributed by atoms with van der Waals surface area (Å²) in [6, 6.07) is 16.3. The first-order valence-corrected chi connectivity index (χ1v) is 12.1. The molecular weight excluding hydrogens is 404 g/mol. The van der Waals surface area contributed by atoms with Crippen LogP contribution in [0, 0.1) is 5.92 Å². The van der Waals surface area contributed by atoms with Crippen molar-refractivity contribution in [3.63, 3.8) is 0 Å². The maximum Gasteiger partial charge on any atom is 0.265 e. The van der Waals surface area contributed by atoms with E-state index in [4.69, 9.17) is 0 Å². The quantitative estimate of drug-likeness (QED) is 0.639. The molecule has 0 spiro atoms. The van der Waals surface area contributed by atoms with Crippen LogP contribution >= 0.6 is 11.8 Å². The number of amides is 2. The summed E-state index contributed by atoms with van der Waals surface area (Å²) in [5, 5.41) is 3.19. The number of anilines is 1. The van der Waals surface area contributed by atoms with Gasteiger partial charge in [0.15, 0.2) is 0 Å². The number of nitrogens with zero attached hydrogens (tertiary/aromatic N) is 1. The van der Waals surface area contributed by atoms with Crippen molar-refractivity contribution >= 4 is 35.3 Å². The summed E-state index contributed by atoms with van der Waals surface area (Å²) < 4.78 is 0. The monoisotopic (exact) mass is 434 g/mol. The fraction of sp³-hybridized carbons (Fsp3) is 0.385. The molecule has 4 rings (SSSR count). The minimum atomic E-state index is -0.116. The van der Waals surface area contributed by atoms with Gasteiger partial charge in [0.1, 0.15) is 6.54 Å². The summed E-state index contributed by atoms with van der Waals surface area (Å²) in [6.07, 6.45) is 7.47. The zero-order valence-corrected chi connectivity index (χ0v) is 19.1. The molecule has 5 heteroatoms. The average Bonchev–Trinajstić information content (AvgIpc) is 2.78. The number of carbonyl (C=O) groups excluding carboxylic acids is 2. The van der Waals surface area contributed by atoms with Crippen LogP contribution in [0.4, 0.5) is 5.69 Å². The molecule has 0 aromatic heterocycles. The van der Waals surface area contributed by atoms with Gasteiger partial charge in [-0.05, 0) is 54.5 Å². The van der Waals surface area contributed by atoms with Crippen LogP contribution in [0.5, 0.6) is 0 Å². The first-order valence-electron chi connectivity index (χ1n) is 11.2. The Balaban J connectivity index is 1.56. The Morgan fingerprint density at radius 2 is 1.87 bits per heavy atom. The topological polar surface area (TPSA) is 49.4 Å². The Kier molecular flexibility index (Phi) is 6.81. The maximum absolute atomic E-state index is 13.4. The third-order valence-electron chi connectivity index (χ3n) is 6.28. The van der Waals surface area contributed by atoms with Crippen molar-refractivity contribution in [1.29, 1.82) is 0 Å². The Bertz CT molecular complexity index is 983. The number of benzene rings is 2. The van der Waals surface area contributed by atoms with E-state index in [1.54, 1.807) is 4.90 Å². The third-order valence-corrected chi connectivity index (χ3v) is 7.35. The fourth-order valence-electron chi connectivity index (χ4n) is 4.35. The number of hydrogen-bond acceptors (Lipinski definition) is 3. The lowest BCUT2D eigenvalue weighted by molar-refractivity contribution is -0.123. The van der Waals surface area contributed by atoms with Gasteiger partial charge in [0.25, 0.3) is 5.91 Å². The molecule has 2 atom stereocenters. The van der Waals surface area contributed by atoms with E-state index in [0.717, 1.165) is 41.8 Å². The van der Waals surface area contributed by atoms with Gasteiger partial charge in [0.2, 0.25) is 5.91 Å². The summed E-state index contributed by atoms with van der Waals surface area (Å²) in [4.78, 5) is 29.5. The van der Waals surface area contributed by atoms with E-state index in [1.165, 1.54) is 23.7 Å². The van der Waals surface area contributed by atoms with E-state index in [-0.39, 0.29) is 24.4 Å². The largest absolute Gasteiger partial charge is 0.352 e. The van der Waals surface area contributed by atoms with E-state index < -0.39 is 0 Å². The first-order chi connectivity index (χ1) is 15.0. The lowest BCUT2D eigenvalue weighted by Gasteiger charge is -2.32. The molecular formula is C26H30N2O2S. The maximum atomic E-state index is 13.4. The van der Waals surface area contributed by atoms with Crippen LogP contribution in [0.2, 0.25) is 0 Å². The summed E-state index contributed by atoms with van der Waals surface area (Å²) in [5.74, 6) is 0.287. The molecule has 2 amide bonds. The SMILES string of the molecule is CCc1ccc(/C=C2/Sc3ccccc3N(CC(=O)N[C@H]3CCCC[C@@H]3C)C2=O)cc1. The number of fused-ring (bicyclic) bond motifs is 1. The highest BCUT2D eigenvalue weighted by atomic mass is 32.2. The van der Waals surface area contributed by atoms with E-state index in [0.29, 0.717) is 10.8 Å². The van der Waals surface area contributed by atoms with E-state index in [1.807, 2.05) is 42.5 Å². The van der Waals surface area contributed by atoms with Crippen molar-refractivity contribution in [3.8, 4) is 0 Å². The molecule has 162 valence electrons. The van der Waals surface area contributed by atoms with Crippen molar-refractivity contribution in [1.82, 2.24) is 5.32 Å². The second-order valence-corrected chi connectivity index (χ2v) is 9.58. The van der Waals surface area contributed by atoms with Gasteiger partial charge in [-0.1, -0.05) is 74.8 Å². The molecule has 0 bridgehead atoms. The minimum Gasteiger partial charge on any atom is -0.352 e. The van der Waals surface area contributed by atoms with Crippen molar-refractivity contribution < 1.29 is 9.59 Å². The van der Waals surface area contributed by atoms with Crippen LogP contribution in [0.15, 0.2) is 58.3 Å². The summed E-state index contributed by atoms with van der Waals surface area (Å²) in [7, 11) is 0. The van der Waals surface area contributed by atoms with Gasteiger partial charge < -0.3 is 5.32 Å². The highest BCUT2D eigenvalue weighted by Gasteiger charge is 2.31. The molecule has 4 nitrogen and oxygen atoms in total. The molecule has 1 heterocycles. The van der Waals surface area contributed by atoms with Crippen LogP contribution in [-0.4, -0.2) is 24.4 Å². The summed E-state index contributed by atoms with van der Waals surface area (Å²) in [5.41, 5.74) is 3.07. The Morgan fingerprint density at radius 3 is 2.61 bits per heavy atom. The Morgan fingerprint density at radius 1 is 1.13 bits per heavy atom. The molecule has 31 heavy (non-hydrogen) atoms. The molecule has 0 unspecified atom stereocenters. The van der Waals surface area contributed by atoms with Crippen molar-refractivity contribution in [2.75, 3.05) is 11.4 Å². The van der Waals surface area contributed by atoms with Gasteiger partial charge in [0, 0.05) is 10.9 Å². The van der Waals surface area contributed by atoms with E-state index >= 15 is 0 Å². The standard InChI is InChI=1S/C26H30N2O2S/c1-3-19-12-14-20(15-13-19)16-24-26(30)28(22-10-6-7-11-23(22)31-24)17-25(29)27-21-9-5-4-8-18(21)2/h6-7,10-16,18,21H,3-5,8-9,17H2,1-2H3,(H,27,29)/b24-16+/t18-,21-/m0/s1. The van der Waals surface area contributed by atoms with Crippen LogP contribution < -0.4 is 10.2 Å². The van der Waals surface area contributed by atoms with Crippen LogP contribution in [0.3, 0.4) is 0 Å². The number of thioether (sulfide) groups is 1. The highest BCUT2D eigenvalue weighted by molar-refractivity contribution is 8.04. The first kappa shape index (κ1) is 21.7. The van der Waals surface area contributed by atoms with Crippen molar-refractivity contribution in [2.24, 2.45) is 5.92 Å². The van der Waals surface area contributed by atoms with Crippen molar-refractivity contribution in [2.45, 2.75) is 56.9 Å². The third kappa shape index (κ3) is 5.04. The molecule has 1 aliphatic carbocycles. The summed E-state index contributed by atoms with van der Waals surface area (Å²) in [6.45, 7) is 4.38. The lowest BCUT2D eigenvalue weighted by atomic mass is 9.86. The van der Waals surface area contributed by atoms with Gasteiger partial charge >= 0.3 is 0 Å². The highest BCUT2D eigenvalue weighted by Crippen LogP contribution is 2.42. The smallest absolute Gasteiger partial charge is 0.265 e. The molecule has 2 aromatic rings. The number of carbonyl (C=O) groups is 2. The second-order valence-electron chi connectivity index (χ2n) is 8.50. The van der Waals surface area contributed by atoms with E-state index in [2.05, 4.69) is 31.3 Å². The molecule has 0 saturated heterocycles. The molecule has 1 saturated carbocycles. The van der Waals surface area contributed by atoms with Crippen LogP contribution in [-0.2, 0) is 16.0 Å². The predicted octanol–water partition coefficient (Wildman–Crippen LogP) is 5.42. The lowest BCUT2D eigenvalue weighted by Crippen LogP contribution is -2.48. The van der Waals surface area contributed by atoms with Gasteiger partial charge in [-0.2, -0.15) is 0 Å². The molecule has 0 radical (unpaired) electrons. The number of aryl methyl sites for hydroxylation is 1. The summed E-state index contributed by atoms with van der Waals surface area (Å²) >= 11 is 1.47. The van der Waals surface area contributed by atoms with Gasteiger partial charge in [-0.3, -0.25) is 14.5 Å². The van der Waals surface area contributed by atoms with Crippen LogP contribution in [0.1, 0.15) is 50.7 Å². The van der Waals surface area contributed by atoms with Crippen molar-refractivity contribution in [3.05, 3.63) is 64.6 Å². The zero-order chi connectivity index (χ0) is 21.8. The normalized spacial score (nSPS) is 22.3. The Hall–Kier alpha value is -2.53. The predicted molar refractivity (Wildman–Crippen MR) is 128 cm³/mol. The molecule has 1 aliphatic heterocycles. The molecule has 1 N–H and O–H groups in total. The Labute approximate surface area is 189 Å². The number of para-hydroxylation sites is 1. The fourth-order valence-corrected chi connectivity index (χ4v) is 5.41.